The molecule has 0 spiro atoms. The van der Waals surface area contributed by atoms with Crippen LogP contribution in [0.15, 0.2) is 0 Å². The van der Waals surface area contributed by atoms with Gasteiger partial charge in [-0.1, -0.05) is 0 Å². The summed E-state index contributed by atoms with van der Waals surface area (Å²) in [5, 5.41) is 2.67. The zero-order valence-corrected chi connectivity index (χ0v) is 14.1. The van der Waals surface area contributed by atoms with Crippen LogP contribution in [0.3, 0.4) is 0 Å². The van der Waals surface area contributed by atoms with Gasteiger partial charge in [-0.05, 0) is 60.4 Å². The number of nitrogens with one attached hydrogen (secondary N) is 1. The van der Waals surface area contributed by atoms with Crippen molar-refractivity contribution in [1.82, 2.24) is 5.32 Å². The van der Waals surface area contributed by atoms with E-state index in [-0.39, 0.29) is 18.3 Å². The predicted molar refractivity (Wildman–Crippen MR) is 81.9 cm³/mol. The van der Waals surface area contributed by atoms with Crippen molar-refractivity contribution in [2.24, 2.45) is 11.7 Å². The number of ether oxygens (including phenoxy) is 2. The van der Waals surface area contributed by atoms with Crippen molar-refractivity contribution in [1.29, 1.82) is 0 Å². The Morgan fingerprint density at radius 2 is 1.57 bits per heavy atom. The smallest absolute Gasteiger partial charge is 0.407 e. The van der Waals surface area contributed by atoms with E-state index in [0.717, 1.165) is 0 Å². The molecular formula is C15H30N2O4. The third-order valence-electron chi connectivity index (χ3n) is 2.44. The van der Waals surface area contributed by atoms with Crippen LogP contribution in [-0.4, -0.2) is 36.4 Å². The fourth-order valence-electron chi connectivity index (χ4n) is 1.56. The minimum Gasteiger partial charge on any atom is -0.460 e. The molecule has 21 heavy (non-hydrogen) atoms. The van der Waals surface area contributed by atoms with Gasteiger partial charge in [0.25, 0.3) is 0 Å². The number of hydrogen-bond donors (Lipinski definition) is 2. The van der Waals surface area contributed by atoms with Crippen LogP contribution in [0.4, 0.5) is 4.79 Å². The molecule has 0 rings (SSSR count). The highest BCUT2D eigenvalue weighted by Crippen LogP contribution is 2.12. The molecule has 1 unspecified atom stereocenters. The Morgan fingerprint density at radius 1 is 1.05 bits per heavy atom. The summed E-state index contributed by atoms with van der Waals surface area (Å²) in [5.74, 6) is -0.233. The first-order chi connectivity index (χ1) is 9.43. The lowest BCUT2D eigenvalue weighted by Gasteiger charge is -2.22. The second-order valence-electron chi connectivity index (χ2n) is 7.11. The molecule has 0 heterocycles. The molecule has 0 aliphatic carbocycles. The van der Waals surface area contributed by atoms with Gasteiger partial charge in [0, 0.05) is 13.0 Å². The van der Waals surface area contributed by atoms with E-state index in [9.17, 15) is 9.59 Å². The second-order valence-corrected chi connectivity index (χ2v) is 7.11. The lowest BCUT2D eigenvalue weighted by Crippen LogP contribution is -2.37. The summed E-state index contributed by atoms with van der Waals surface area (Å²) in [6, 6.07) is 0. The van der Waals surface area contributed by atoms with Crippen molar-refractivity contribution >= 4 is 12.1 Å². The maximum atomic E-state index is 11.6. The fourth-order valence-corrected chi connectivity index (χ4v) is 1.56. The molecule has 6 nitrogen and oxygen atoms in total. The van der Waals surface area contributed by atoms with Crippen LogP contribution in [0.25, 0.3) is 0 Å². The number of amides is 1. The highest BCUT2D eigenvalue weighted by molar-refractivity contribution is 5.70. The molecule has 1 atom stereocenters. The highest BCUT2D eigenvalue weighted by atomic mass is 16.6. The zero-order valence-electron chi connectivity index (χ0n) is 14.1. The van der Waals surface area contributed by atoms with Crippen molar-refractivity contribution in [2.75, 3.05) is 13.1 Å². The number of carbonyl (C=O) groups is 2. The van der Waals surface area contributed by atoms with E-state index in [0.29, 0.717) is 19.5 Å². The first-order valence-corrected chi connectivity index (χ1v) is 7.31. The average molecular weight is 302 g/mol. The molecule has 0 aliphatic rings. The van der Waals surface area contributed by atoms with Gasteiger partial charge >= 0.3 is 12.1 Å². The molecule has 6 heteroatoms. The van der Waals surface area contributed by atoms with E-state index in [1.807, 2.05) is 20.8 Å². The van der Waals surface area contributed by atoms with Crippen LogP contribution in [-0.2, 0) is 14.3 Å². The largest absolute Gasteiger partial charge is 0.460 e. The van der Waals surface area contributed by atoms with Crippen molar-refractivity contribution < 1.29 is 19.1 Å². The van der Waals surface area contributed by atoms with Crippen LogP contribution < -0.4 is 11.1 Å². The number of alkyl carbamates (subject to hydrolysis) is 1. The van der Waals surface area contributed by atoms with Gasteiger partial charge < -0.3 is 20.5 Å². The Hall–Kier alpha value is -1.30. The minimum atomic E-state index is -0.529. The molecule has 1 amide bonds. The van der Waals surface area contributed by atoms with Gasteiger partial charge in [0.05, 0.1) is 0 Å². The predicted octanol–water partition coefficient (Wildman–Crippen LogP) is 2.21. The lowest BCUT2D eigenvalue weighted by molar-refractivity contribution is -0.155. The molecule has 3 N–H and O–H groups in total. The van der Waals surface area contributed by atoms with Gasteiger partial charge in [-0.3, -0.25) is 4.79 Å². The summed E-state index contributed by atoms with van der Waals surface area (Å²) in [7, 11) is 0. The van der Waals surface area contributed by atoms with Crippen molar-refractivity contribution in [3.05, 3.63) is 0 Å². The third kappa shape index (κ3) is 12.2. The molecule has 0 aromatic rings. The van der Waals surface area contributed by atoms with Crippen LogP contribution in [0.1, 0.15) is 54.4 Å². The number of rotatable bonds is 6. The zero-order chi connectivity index (χ0) is 16.7. The van der Waals surface area contributed by atoms with Gasteiger partial charge in [-0.25, -0.2) is 4.79 Å². The first-order valence-electron chi connectivity index (χ1n) is 7.31. The SMILES string of the molecule is CC(C)(C)OC(=O)CCC(CN)CNC(=O)OC(C)(C)C. The molecule has 0 bridgehead atoms. The van der Waals surface area contributed by atoms with E-state index in [1.54, 1.807) is 20.8 Å². The molecule has 124 valence electrons. The molecule has 0 aromatic carbocycles. The maximum absolute atomic E-state index is 11.6. The number of hydrogen-bond acceptors (Lipinski definition) is 5. The first kappa shape index (κ1) is 19.7. The summed E-state index contributed by atoms with van der Waals surface area (Å²) >= 11 is 0. The van der Waals surface area contributed by atoms with Crippen LogP contribution in [0, 0.1) is 5.92 Å². The van der Waals surface area contributed by atoms with Gasteiger partial charge in [0.15, 0.2) is 0 Å². The summed E-state index contributed by atoms with van der Waals surface area (Å²) in [4.78, 5) is 23.2. The summed E-state index contributed by atoms with van der Waals surface area (Å²) in [6.45, 7) is 11.7. The highest BCUT2D eigenvalue weighted by Gasteiger charge is 2.19. The quantitative estimate of drug-likeness (QED) is 0.734. The fraction of sp³-hybridized carbons (Fsp3) is 0.867. The van der Waals surface area contributed by atoms with Gasteiger partial charge in [-0.2, -0.15) is 0 Å². The standard InChI is InChI=1S/C15H30N2O4/c1-14(2,3)20-12(18)8-7-11(9-16)10-17-13(19)21-15(4,5)6/h11H,7-10,16H2,1-6H3,(H,17,19). The molecule has 0 saturated heterocycles. The van der Waals surface area contributed by atoms with Gasteiger partial charge in [-0.15, -0.1) is 0 Å². The number of carbonyl (C=O) groups excluding carboxylic acids is 2. The Bertz CT molecular complexity index is 311. The lowest BCUT2D eigenvalue weighted by atomic mass is 10.0. The molecule has 0 fully saturated rings. The number of esters is 1. The van der Waals surface area contributed by atoms with E-state index in [1.165, 1.54) is 0 Å². The van der Waals surface area contributed by atoms with Crippen molar-refractivity contribution in [3.63, 3.8) is 0 Å². The van der Waals surface area contributed by atoms with Crippen LogP contribution in [0.5, 0.6) is 0 Å². The van der Waals surface area contributed by atoms with Gasteiger partial charge in [0.2, 0.25) is 0 Å². The van der Waals surface area contributed by atoms with Crippen molar-refractivity contribution in [3.8, 4) is 0 Å². The van der Waals surface area contributed by atoms with E-state index in [2.05, 4.69) is 5.32 Å². The van der Waals surface area contributed by atoms with E-state index >= 15 is 0 Å². The Balaban J connectivity index is 4.07. The molecular weight excluding hydrogens is 272 g/mol. The Morgan fingerprint density at radius 3 is 2.00 bits per heavy atom. The van der Waals surface area contributed by atoms with E-state index < -0.39 is 17.3 Å². The van der Waals surface area contributed by atoms with Crippen LogP contribution in [0.2, 0.25) is 0 Å². The summed E-state index contributed by atoms with van der Waals surface area (Å²) in [6.07, 6.45) is 0.384. The van der Waals surface area contributed by atoms with Gasteiger partial charge in [0.1, 0.15) is 11.2 Å². The molecule has 0 aromatic heterocycles. The number of nitrogens with two attached hydrogens (primary N) is 1. The molecule has 0 saturated carbocycles. The molecule has 0 aliphatic heterocycles. The monoisotopic (exact) mass is 302 g/mol. The second kappa shape index (κ2) is 8.22. The molecule has 0 radical (unpaired) electrons. The normalized spacial score (nSPS) is 13.5. The Labute approximate surface area is 127 Å². The summed E-state index contributed by atoms with van der Waals surface area (Å²) in [5.41, 5.74) is 4.64. The van der Waals surface area contributed by atoms with Crippen LogP contribution >= 0.6 is 0 Å². The minimum absolute atomic E-state index is 0.0186. The topological polar surface area (TPSA) is 90.6 Å². The van der Waals surface area contributed by atoms with E-state index in [4.69, 9.17) is 15.2 Å². The third-order valence-corrected chi connectivity index (χ3v) is 2.44. The maximum Gasteiger partial charge on any atom is 0.407 e. The summed E-state index contributed by atoms with van der Waals surface area (Å²) < 4.78 is 10.4. The Kier molecular flexibility index (Phi) is 7.71. The average Bonchev–Trinajstić information content (AvgIpc) is 2.24. The van der Waals surface area contributed by atoms with Crippen molar-refractivity contribution in [2.45, 2.75) is 65.6 Å².